The van der Waals surface area contributed by atoms with Gasteiger partial charge in [0.15, 0.2) is 0 Å². The zero-order chi connectivity index (χ0) is 16.9. The molecule has 0 bridgehead atoms. The van der Waals surface area contributed by atoms with Gasteiger partial charge in [0, 0.05) is 25.6 Å². The third-order valence-corrected chi connectivity index (χ3v) is 6.09. The highest BCUT2D eigenvalue weighted by Gasteiger charge is 2.36. The molecule has 1 saturated carbocycles. The molecule has 2 rings (SSSR count). The van der Waals surface area contributed by atoms with Crippen molar-refractivity contribution in [2.24, 2.45) is 11.1 Å². The van der Waals surface area contributed by atoms with E-state index in [1.165, 1.54) is 6.42 Å². The van der Waals surface area contributed by atoms with Crippen LogP contribution in [0.4, 0.5) is 0 Å². The van der Waals surface area contributed by atoms with E-state index in [0.29, 0.717) is 19.5 Å². The Bertz CT molecular complexity index is 501. The highest BCUT2D eigenvalue weighted by atomic mass is 32.2. The Balaban J connectivity index is 1.99. The van der Waals surface area contributed by atoms with Crippen LogP contribution in [0.2, 0.25) is 0 Å². The van der Waals surface area contributed by atoms with E-state index in [9.17, 15) is 13.2 Å². The molecule has 1 saturated heterocycles. The molecule has 23 heavy (non-hydrogen) atoms. The van der Waals surface area contributed by atoms with Gasteiger partial charge in [0.25, 0.3) is 0 Å². The maximum Gasteiger partial charge on any atom is 0.223 e. The summed E-state index contributed by atoms with van der Waals surface area (Å²) in [5.74, 6) is 0.150. The molecule has 0 radical (unpaired) electrons. The van der Waals surface area contributed by atoms with Crippen LogP contribution in [-0.2, 0) is 14.8 Å². The summed E-state index contributed by atoms with van der Waals surface area (Å²) in [6, 6.07) is -0.0237. The molecule has 1 atom stereocenters. The first-order valence-corrected chi connectivity index (χ1v) is 10.7. The normalized spacial score (nSPS) is 25.3. The summed E-state index contributed by atoms with van der Waals surface area (Å²) in [7, 11) is -3.22. The molecule has 7 heteroatoms. The third-order valence-electron chi connectivity index (χ3n) is 5.40. The number of amides is 1. The first-order chi connectivity index (χ1) is 10.9. The van der Waals surface area contributed by atoms with E-state index in [2.05, 4.69) is 4.72 Å². The molecule has 0 aromatic rings. The summed E-state index contributed by atoms with van der Waals surface area (Å²) in [4.78, 5) is 14.8. The minimum Gasteiger partial charge on any atom is -0.338 e. The number of hydrogen-bond donors (Lipinski definition) is 2. The first-order valence-electron chi connectivity index (χ1n) is 8.79. The summed E-state index contributed by atoms with van der Waals surface area (Å²) < 4.78 is 25.2. The summed E-state index contributed by atoms with van der Waals surface area (Å²) in [6.07, 6.45) is 10.2. The Morgan fingerprint density at radius 2 is 1.91 bits per heavy atom. The van der Waals surface area contributed by atoms with Gasteiger partial charge in [-0.25, -0.2) is 13.1 Å². The van der Waals surface area contributed by atoms with Crippen molar-refractivity contribution in [1.82, 2.24) is 9.62 Å². The van der Waals surface area contributed by atoms with Crippen molar-refractivity contribution in [3.8, 4) is 0 Å². The number of sulfonamides is 1. The average molecular weight is 346 g/mol. The fourth-order valence-electron chi connectivity index (χ4n) is 3.97. The van der Waals surface area contributed by atoms with Crippen LogP contribution in [0.15, 0.2) is 0 Å². The van der Waals surface area contributed by atoms with Crippen LogP contribution in [-0.4, -0.2) is 51.2 Å². The van der Waals surface area contributed by atoms with Gasteiger partial charge < -0.3 is 10.6 Å². The Hall–Kier alpha value is -0.660. The number of hydrogen-bond acceptors (Lipinski definition) is 4. The minimum absolute atomic E-state index is 0.0237. The lowest BCUT2D eigenvalue weighted by Gasteiger charge is -2.41. The zero-order valence-electron chi connectivity index (χ0n) is 14.2. The Labute approximate surface area is 140 Å². The summed E-state index contributed by atoms with van der Waals surface area (Å²) in [5.41, 5.74) is 5.96. The molecule has 3 N–H and O–H groups in total. The van der Waals surface area contributed by atoms with Crippen LogP contribution in [0, 0.1) is 5.41 Å². The van der Waals surface area contributed by atoms with Crippen LogP contribution in [0.3, 0.4) is 0 Å². The fourth-order valence-corrected chi connectivity index (χ4v) is 4.46. The van der Waals surface area contributed by atoms with Gasteiger partial charge in [0.1, 0.15) is 0 Å². The maximum atomic E-state index is 12.9. The Morgan fingerprint density at radius 3 is 2.52 bits per heavy atom. The van der Waals surface area contributed by atoms with Gasteiger partial charge in [-0.3, -0.25) is 4.79 Å². The molecule has 0 spiro atoms. The Kier molecular flexibility index (Phi) is 6.45. The lowest BCUT2D eigenvalue weighted by atomic mass is 9.71. The van der Waals surface area contributed by atoms with Gasteiger partial charge >= 0.3 is 0 Å². The third kappa shape index (κ3) is 5.43. The van der Waals surface area contributed by atoms with E-state index in [4.69, 9.17) is 5.73 Å². The SMILES string of the molecule is CS(=O)(=O)NCC1CCCCN1C(=O)CC1(CN)CCCCC1. The topological polar surface area (TPSA) is 92.5 Å². The lowest BCUT2D eigenvalue weighted by Crippen LogP contribution is -2.51. The molecule has 134 valence electrons. The monoisotopic (exact) mass is 345 g/mol. The number of carbonyl (C=O) groups is 1. The summed E-state index contributed by atoms with van der Waals surface area (Å²) in [5, 5.41) is 0. The number of nitrogens with zero attached hydrogens (tertiary/aromatic N) is 1. The zero-order valence-corrected chi connectivity index (χ0v) is 15.0. The highest BCUT2D eigenvalue weighted by molar-refractivity contribution is 7.88. The second-order valence-corrected chi connectivity index (χ2v) is 9.13. The molecule has 1 aliphatic heterocycles. The molecule has 0 aromatic carbocycles. The van der Waals surface area contributed by atoms with E-state index < -0.39 is 10.0 Å². The van der Waals surface area contributed by atoms with Gasteiger partial charge in [-0.2, -0.15) is 0 Å². The van der Waals surface area contributed by atoms with E-state index in [-0.39, 0.29) is 17.4 Å². The fraction of sp³-hybridized carbons (Fsp3) is 0.938. The molecule has 1 amide bonds. The lowest BCUT2D eigenvalue weighted by molar-refractivity contribution is -0.137. The highest BCUT2D eigenvalue weighted by Crippen LogP contribution is 2.39. The number of piperidine rings is 1. The molecule has 0 aromatic heterocycles. The average Bonchev–Trinajstić information content (AvgIpc) is 2.53. The van der Waals surface area contributed by atoms with Crippen molar-refractivity contribution >= 4 is 15.9 Å². The van der Waals surface area contributed by atoms with Gasteiger partial charge in [0.2, 0.25) is 15.9 Å². The quantitative estimate of drug-likeness (QED) is 0.757. The number of likely N-dealkylation sites (tertiary alicyclic amines) is 1. The van der Waals surface area contributed by atoms with E-state index >= 15 is 0 Å². The van der Waals surface area contributed by atoms with E-state index in [1.807, 2.05) is 4.90 Å². The van der Waals surface area contributed by atoms with Crippen LogP contribution < -0.4 is 10.5 Å². The number of nitrogens with two attached hydrogens (primary N) is 1. The van der Waals surface area contributed by atoms with Crippen molar-refractivity contribution in [2.75, 3.05) is 25.9 Å². The van der Waals surface area contributed by atoms with Crippen LogP contribution in [0.5, 0.6) is 0 Å². The smallest absolute Gasteiger partial charge is 0.223 e. The van der Waals surface area contributed by atoms with Gasteiger partial charge in [-0.1, -0.05) is 19.3 Å². The summed E-state index contributed by atoms with van der Waals surface area (Å²) >= 11 is 0. The molecular formula is C16H31N3O3S. The second kappa shape index (κ2) is 7.94. The predicted molar refractivity (Wildman–Crippen MR) is 91.4 cm³/mol. The number of nitrogens with one attached hydrogen (secondary N) is 1. The van der Waals surface area contributed by atoms with E-state index in [1.54, 1.807) is 0 Å². The van der Waals surface area contributed by atoms with Crippen molar-refractivity contribution in [3.05, 3.63) is 0 Å². The van der Waals surface area contributed by atoms with Crippen LogP contribution in [0.1, 0.15) is 57.8 Å². The predicted octanol–water partition coefficient (Wildman–Crippen LogP) is 1.22. The molecule has 1 unspecified atom stereocenters. The summed E-state index contributed by atoms with van der Waals surface area (Å²) in [6.45, 7) is 1.62. The van der Waals surface area contributed by atoms with Gasteiger partial charge in [-0.05, 0) is 44.1 Å². The van der Waals surface area contributed by atoms with Crippen molar-refractivity contribution in [3.63, 3.8) is 0 Å². The Morgan fingerprint density at radius 1 is 1.22 bits per heavy atom. The van der Waals surface area contributed by atoms with Gasteiger partial charge in [-0.15, -0.1) is 0 Å². The van der Waals surface area contributed by atoms with Crippen molar-refractivity contribution in [2.45, 2.75) is 63.8 Å². The molecule has 6 nitrogen and oxygen atoms in total. The second-order valence-electron chi connectivity index (χ2n) is 7.30. The van der Waals surface area contributed by atoms with Crippen LogP contribution >= 0.6 is 0 Å². The molecule has 2 fully saturated rings. The molecule has 2 aliphatic rings. The molecular weight excluding hydrogens is 314 g/mol. The molecule has 1 heterocycles. The standard InChI is InChI=1S/C16H31N3O3S/c1-23(21,22)18-12-14-7-3-6-10-19(14)15(20)11-16(13-17)8-4-2-5-9-16/h14,18H,2-13,17H2,1H3. The van der Waals surface area contributed by atoms with Crippen molar-refractivity contribution < 1.29 is 13.2 Å². The van der Waals surface area contributed by atoms with Gasteiger partial charge in [0.05, 0.1) is 6.26 Å². The first kappa shape index (κ1) is 18.7. The minimum atomic E-state index is -3.22. The number of rotatable bonds is 6. The number of carbonyl (C=O) groups excluding carboxylic acids is 1. The maximum absolute atomic E-state index is 12.9. The van der Waals surface area contributed by atoms with Crippen molar-refractivity contribution in [1.29, 1.82) is 0 Å². The largest absolute Gasteiger partial charge is 0.338 e. The van der Waals surface area contributed by atoms with E-state index in [0.717, 1.165) is 57.7 Å². The molecule has 1 aliphatic carbocycles. The van der Waals surface area contributed by atoms with Crippen LogP contribution in [0.25, 0.3) is 0 Å².